The van der Waals surface area contributed by atoms with Gasteiger partial charge >= 0.3 is 0 Å². The van der Waals surface area contributed by atoms with Crippen LogP contribution in [-0.2, 0) is 4.79 Å². The molecule has 2 saturated heterocycles. The number of amides is 2. The molecule has 0 saturated carbocycles. The number of nitriles is 1. The molecular formula is C20H26N4O2. The van der Waals surface area contributed by atoms with Crippen LogP contribution in [0.3, 0.4) is 0 Å². The third-order valence-electron chi connectivity index (χ3n) is 5.82. The Balaban J connectivity index is 1.72. The molecule has 0 aromatic heterocycles. The number of benzene rings is 1. The summed E-state index contributed by atoms with van der Waals surface area (Å²) in [6.07, 6.45) is 0.817. The fraction of sp³-hybridized carbons (Fsp3) is 0.550. The first-order valence-electron chi connectivity index (χ1n) is 9.11. The molecule has 6 nitrogen and oxygen atoms in total. The zero-order valence-corrected chi connectivity index (χ0v) is 15.7. The highest BCUT2D eigenvalue weighted by Gasteiger charge is 2.55. The highest BCUT2D eigenvalue weighted by atomic mass is 16.2. The van der Waals surface area contributed by atoms with E-state index in [0.717, 1.165) is 26.1 Å². The molecule has 3 rings (SSSR count). The molecule has 2 atom stereocenters. The summed E-state index contributed by atoms with van der Waals surface area (Å²) >= 11 is 0. The summed E-state index contributed by atoms with van der Waals surface area (Å²) < 4.78 is 0. The van der Waals surface area contributed by atoms with Crippen molar-refractivity contribution < 1.29 is 9.59 Å². The summed E-state index contributed by atoms with van der Waals surface area (Å²) in [6.45, 7) is 5.54. The Bertz CT molecular complexity index is 737. The van der Waals surface area contributed by atoms with Crippen LogP contribution in [0.2, 0.25) is 0 Å². The number of likely N-dealkylation sites (tertiary alicyclic amines) is 2. The van der Waals surface area contributed by atoms with Gasteiger partial charge in [0.25, 0.3) is 5.91 Å². The molecule has 2 aliphatic heterocycles. The molecule has 0 unspecified atom stereocenters. The maximum Gasteiger partial charge on any atom is 0.253 e. The predicted octanol–water partition coefficient (Wildman–Crippen LogP) is 1.43. The van der Waals surface area contributed by atoms with E-state index in [0.29, 0.717) is 24.2 Å². The van der Waals surface area contributed by atoms with E-state index in [2.05, 4.69) is 17.9 Å². The standard InChI is InChI=1S/C20H26N4O2/c1-15-13-24(18(25)17-6-4-16(12-21)5-7-17)14-20(15)8-9-23(19(20)26)11-10-22(2)3/h4-7,15H,8-11,13-14H2,1-3H3/t15-,20-/m0/s1. The summed E-state index contributed by atoms with van der Waals surface area (Å²) in [5, 5.41) is 8.89. The van der Waals surface area contributed by atoms with Crippen molar-refractivity contribution in [2.75, 3.05) is 46.8 Å². The van der Waals surface area contributed by atoms with Crippen molar-refractivity contribution in [1.82, 2.24) is 14.7 Å². The first-order valence-corrected chi connectivity index (χ1v) is 9.11. The zero-order chi connectivity index (χ0) is 18.9. The molecule has 1 aromatic rings. The van der Waals surface area contributed by atoms with Crippen molar-refractivity contribution in [2.24, 2.45) is 11.3 Å². The van der Waals surface area contributed by atoms with Gasteiger partial charge in [-0.3, -0.25) is 9.59 Å². The lowest BCUT2D eigenvalue weighted by atomic mass is 9.78. The first kappa shape index (κ1) is 18.4. The van der Waals surface area contributed by atoms with Crippen LogP contribution in [0.1, 0.15) is 29.3 Å². The van der Waals surface area contributed by atoms with Crippen molar-refractivity contribution in [3.05, 3.63) is 35.4 Å². The molecule has 0 bridgehead atoms. The minimum atomic E-state index is -0.436. The minimum absolute atomic E-state index is 0.0576. The summed E-state index contributed by atoms with van der Waals surface area (Å²) in [7, 11) is 4.01. The second kappa shape index (κ2) is 7.08. The molecule has 2 aliphatic rings. The Morgan fingerprint density at radius 3 is 2.65 bits per heavy atom. The van der Waals surface area contributed by atoms with E-state index < -0.39 is 5.41 Å². The molecule has 138 valence electrons. The fourth-order valence-corrected chi connectivity index (χ4v) is 4.09. The average molecular weight is 354 g/mol. The lowest BCUT2D eigenvalue weighted by molar-refractivity contribution is -0.137. The van der Waals surface area contributed by atoms with Gasteiger partial charge in [0.05, 0.1) is 17.0 Å². The van der Waals surface area contributed by atoms with Crippen molar-refractivity contribution in [2.45, 2.75) is 13.3 Å². The summed E-state index contributed by atoms with van der Waals surface area (Å²) in [4.78, 5) is 31.8. The number of hydrogen-bond donors (Lipinski definition) is 0. The Kier molecular flexibility index (Phi) is 5.01. The van der Waals surface area contributed by atoms with Gasteiger partial charge < -0.3 is 14.7 Å². The van der Waals surface area contributed by atoms with Crippen LogP contribution in [-0.4, -0.2) is 73.3 Å². The van der Waals surface area contributed by atoms with E-state index in [1.165, 1.54) is 0 Å². The lowest BCUT2D eigenvalue weighted by Gasteiger charge is -2.27. The molecule has 0 radical (unpaired) electrons. The molecule has 1 spiro atoms. The van der Waals surface area contributed by atoms with E-state index in [-0.39, 0.29) is 17.7 Å². The van der Waals surface area contributed by atoms with Gasteiger partial charge in [-0.05, 0) is 50.7 Å². The normalized spacial score (nSPS) is 25.3. The molecule has 0 N–H and O–H groups in total. The Hall–Kier alpha value is -2.39. The Morgan fingerprint density at radius 1 is 1.35 bits per heavy atom. The molecule has 26 heavy (non-hydrogen) atoms. The lowest BCUT2D eigenvalue weighted by Crippen LogP contribution is -2.42. The van der Waals surface area contributed by atoms with Gasteiger partial charge in [0.15, 0.2) is 0 Å². The van der Waals surface area contributed by atoms with Crippen LogP contribution < -0.4 is 0 Å². The summed E-state index contributed by atoms with van der Waals surface area (Å²) in [6, 6.07) is 8.76. The van der Waals surface area contributed by atoms with Gasteiger partial charge in [-0.1, -0.05) is 6.92 Å². The van der Waals surface area contributed by atoms with Crippen molar-refractivity contribution >= 4 is 11.8 Å². The number of hydrogen-bond acceptors (Lipinski definition) is 4. The maximum atomic E-state index is 13.1. The minimum Gasteiger partial charge on any atom is -0.341 e. The van der Waals surface area contributed by atoms with Crippen LogP contribution in [0.25, 0.3) is 0 Å². The zero-order valence-electron chi connectivity index (χ0n) is 15.7. The average Bonchev–Trinajstić information content (AvgIpc) is 3.14. The van der Waals surface area contributed by atoms with Crippen LogP contribution >= 0.6 is 0 Å². The number of likely N-dealkylation sites (N-methyl/N-ethyl adjacent to an activating group) is 1. The Labute approximate surface area is 155 Å². The predicted molar refractivity (Wildman–Crippen MR) is 98.4 cm³/mol. The van der Waals surface area contributed by atoms with E-state index >= 15 is 0 Å². The molecule has 6 heteroatoms. The fourth-order valence-electron chi connectivity index (χ4n) is 4.09. The molecule has 1 aromatic carbocycles. The van der Waals surface area contributed by atoms with Crippen LogP contribution in [0, 0.1) is 22.7 Å². The monoisotopic (exact) mass is 354 g/mol. The van der Waals surface area contributed by atoms with Gasteiger partial charge in [0.1, 0.15) is 0 Å². The number of carbonyl (C=O) groups excluding carboxylic acids is 2. The second-order valence-electron chi connectivity index (χ2n) is 7.78. The SMILES string of the molecule is C[C@H]1CN(C(=O)c2ccc(C#N)cc2)C[C@@]12CCN(CCN(C)C)C2=O. The maximum absolute atomic E-state index is 13.1. The molecule has 0 aliphatic carbocycles. The van der Waals surface area contributed by atoms with E-state index in [4.69, 9.17) is 5.26 Å². The molecule has 2 amide bonds. The van der Waals surface area contributed by atoms with E-state index in [1.807, 2.05) is 19.0 Å². The first-order chi connectivity index (χ1) is 12.4. The topological polar surface area (TPSA) is 67.7 Å². The van der Waals surface area contributed by atoms with Crippen LogP contribution in [0.15, 0.2) is 24.3 Å². The number of carbonyl (C=O) groups is 2. The van der Waals surface area contributed by atoms with E-state index in [9.17, 15) is 9.59 Å². The van der Waals surface area contributed by atoms with Crippen molar-refractivity contribution in [3.63, 3.8) is 0 Å². The summed E-state index contributed by atoms with van der Waals surface area (Å²) in [5.41, 5.74) is 0.674. The van der Waals surface area contributed by atoms with E-state index in [1.54, 1.807) is 29.2 Å². The third-order valence-corrected chi connectivity index (χ3v) is 5.82. The van der Waals surface area contributed by atoms with Gasteiger partial charge in [0, 0.05) is 38.3 Å². The van der Waals surface area contributed by atoms with Crippen LogP contribution in [0.4, 0.5) is 0 Å². The quantitative estimate of drug-likeness (QED) is 0.820. The Morgan fingerprint density at radius 2 is 2.04 bits per heavy atom. The molecular weight excluding hydrogens is 328 g/mol. The number of rotatable bonds is 4. The van der Waals surface area contributed by atoms with Crippen molar-refractivity contribution in [3.8, 4) is 6.07 Å². The molecule has 2 fully saturated rings. The largest absolute Gasteiger partial charge is 0.341 e. The smallest absolute Gasteiger partial charge is 0.253 e. The highest BCUT2D eigenvalue weighted by Crippen LogP contribution is 2.44. The summed E-state index contributed by atoms with van der Waals surface area (Å²) in [5.74, 6) is 0.293. The third kappa shape index (κ3) is 3.19. The number of nitrogens with zero attached hydrogens (tertiary/aromatic N) is 4. The van der Waals surface area contributed by atoms with Crippen molar-refractivity contribution in [1.29, 1.82) is 5.26 Å². The van der Waals surface area contributed by atoms with Gasteiger partial charge in [0.2, 0.25) is 5.91 Å². The van der Waals surface area contributed by atoms with Gasteiger partial charge in [-0.2, -0.15) is 5.26 Å². The molecule has 2 heterocycles. The van der Waals surface area contributed by atoms with Gasteiger partial charge in [-0.15, -0.1) is 0 Å². The second-order valence-corrected chi connectivity index (χ2v) is 7.78. The van der Waals surface area contributed by atoms with Gasteiger partial charge in [-0.25, -0.2) is 0 Å². The highest BCUT2D eigenvalue weighted by molar-refractivity contribution is 5.96. The van der Waals surface area contributed by atoms with Crippen LogP contribution in [0.5, 0.6) is 0 Å².